The van der Waals surface area contributed by atoms with Gasteiger partial charge in [0.05, 0.1) is 26.4 Å². The topological polar surface area (TPSA) is 54.6 Å². The second kappa shape index (κ2) is 9.52. The lowest BCUT2D eigenvalue weighted by molar-refractivity contribution is -0.00000646. The van der Waals surface area contributed by atoms with Gasteiger partial charge in [0.2, 0.25) is 0 Å². The lowest BCUT2D eigenvalue weighted by atomic mass is 10.2. The molecule has 0 aliphatic rings. The summed E-state index contributed by atoms with van der Waals surface area (Å²) in [6, 6.07) is 9.96. The highest BCUT2D eigenvalue weighted by molar-refractivity contribution is 5.57. The summed E-state index contributed by atoms with van der Waals surface area (Å²) in [7, 11) is 0. The van der Waals surface area contributed by atoms with Gasteiger partial charge in [-0.2, -0.15) is 0 Å². The smallest absolute Gasteiger partial charge is 0.134 e. The molecule has 0 bridgehead atoms. The molecule has 4 nitrogen and oxygen atoms in total. The van der Waals surface area contributed by atoms with Crippen molar-refractivity contribution in [2.45, 2.75) is 6.54 Å². The van der Waals surface area contributed by atoms with Gasteiger partial charge in [-0.1, -0.05) is 0 Å². The van der Waals surface area contributed by atoms with E-state index in [0.717, 1.165) is 17.1 Å². The van der Waals surface area contributed by atoms with Gasteiger partial charge in [0, 0.05) is 12.1 Å². The highest BCUT2D eigenvalue weighted by Crippen LogP contribution is 2.22. The molecule has 116 valence electrons. The first kappa shape index (κ1) is 17.7. The summed E-state index contributed by atoms with van der Waals surface area (Å²) in [4.78, 5) is 0. The number of aliphatic hydroxyl groups is 1. The fraction of sp³-hybridized carbons (Fsp3) is 0.333. The van der Waals surface area contributed by atoms with Crippen LogP contribution in [-0.4, -0.2) is 31.5 Å². The second-order valence-corrected chi connectivity index (χ2v) is 4.29. The van der Waals surface area contributed by atoms with Crippen LogP contribution in [-0.2, 0) is 11.3 Å². The van der Waals surface area contributed by atoms with E-state index in [1.165, 1.54) is 12.1 Å². The van der Waals surface area contributed by atoms with E-state index >= 15 is 0 Å². The first-order chi connectivity index (χ1) is 9.79. The Morgan fingerprint density at radius 3 is 2.57 bits per heavy atom. The highest BCUT2D eigenvalue weighted by Gasteiger charge is 2.04. The summed E-state index contributed by atoms with van der Waals surface area (Å²) in [5.74, 6) is 1.27. The van der Waals surface area contributed by atoms with Crippen molar-refractivity contribution in [2.75, 3.05) is 26.4 Å². The van der Waals surface area contributed by atoms with Gasteiger partial charge in [-0.05, 0) is 36.4 Å². The molecule has 0 saturated heterocycles. The molecular formula is C15H18ClFNO3-. The third-order valence-corrected chi connectivity index (χ3v) is 2.75. The molecule has 21 heavy (non-hydrogen) atoms. The predicted octanol–water partition coefficient (Wildman–Crippen LogP) is -0.812. The van der Waals surface area contributed by atoms with Crippen molar-refractivity contribution in [3.63, 3.8) is 0 Å². The zero-order valence-electron chi connectivity index (χ0n) is 11.5. The third-order valence-electron chi connectivity index (χ3n) is 2.75. The standard InChI is InChI=1S/C15H18FNO3.ClH/c16-13-3-1-12(2-4-13)15-6-5-14(20-15)11-17-7-9-19-10-8-18;/h1-6,17-18H,7-11H2;1H/p-1. The van der Waals surface area contributed by atoms with Crippen molar-refractivity contribution in [2.24, 2.45) is 0 Å². The van der Waals surface area contributed by atoms with E-state index in [2.05, 4.69) is 5.32 Å². The number of nitrogens with one attached hydrogen (secondary N) is 1. The zero-order valence-corrected chi connectivity index (χ0v) is 12.3. The molecule has 2 N–H and O–H groups in total. The Bertz CT molecular complexity index is 516. The summed E-state index contributed by atoms with van der Waals surface area (Å²) in [5, 5.41) is 11.7. The molecule has 0 spiro atoms. The molecule has 1 aromatic heterocycles. The monoisotopic (exact) mass is 314 g/mol. The molecule has 1 aromatic carbocycles. The zero-order chi connectivity index (χ0) is 14.2. The molecule has 6 heteroatoms. The second-order valence-electron chi connectivity index (χ2n) is 4.29. The number of halogens is 2. The Morgan fingerprint density at radius 2 is 1.86 bits per heavy atom. The van der Waals surface area contributed by atoms with Gasteiger partial charge in [0.15, 0.2) is 0 Å². The molecule has 0 radical (unpaired) electrons. The normalized spacial score (nSPS) is 10.4. The van der Waals surface area contributed by atoms with E-state index in [1.807, 2.05) is 12.1 Å². The number of ether oxygens (including phenoxy) is 1. The number of hydrogen-bond acceptors (Lipinski definition) is 4. The largest absolute Gasteiger partial charge is 1.00 e. The lowest BCUT2D eigenvalue weighted by Crippen LogP contribution is -3.00. The molecule has 0 saturated carbocycles. The van der Waals surface area contributed by atoms with Crippen molar-refractivity contribution in [1.29, 1.82) is 0 Å². The average Bonchev–Trinajstić information content (AvgIpc) is 2.92. The number of benzene rings is 1. The van der Waals surface area contributed by atoms with Gasteiger partial charge >= 0.3 is 0 Å². The Morgan fingerprint density at radius 1 is 1.10 bits per heavy atom. The summed E-state index contributed by atoms with van der Waals surface area (Å²) in [5.41, 5.74) is 0.851. The average molecular weight is 315 g/mol. The maximum atomic E-state index is 12.8. The Hall–Kier alpha value is -1.40. The van der Waals surface area contributed by atoms with E-state index in [-0.39, 0.29) is 24.8 Å². The molecule has 0 aliphatic heterocycles. The van der Waals surface area contributed by atoms with Crippen LogP contribution in [0.2, 0.25) is 0 Å². The van der Waals surface area contributed by atoms with Gasteiger partial charge < -0.3 is 32.0 Å². The number of rotatable bonds is 8. The van der Waals surface area contributed by atoms with Crippen LogP contribution < -0.4 is 17.7 Å². The number of furan rings is 1. The SMILES string of the molecule is OCCOCCNCc1ccc(-c2ccc(F)cc2)o1.[Cl-]. The lowest BCUT2D eigenvalue weighted by Gasteiger charge is -2.03. The van der Waals surface area contributed by atoms with Gasteiger partial charge in [-0.3, -0.25) is 0 Å². The van der Waals surface area contributed by atoms with Crippen LogP contribution in [0.1, 0.15) is 5.76 Å². The Balaban J connectivity index is 0.00000220. The van der Waals surface area contributed by atoms with Crippen molar-refractivity contribution < 1.29 is 31.1 Å². The van der Waals surface area contributed by atoms with Crippen LogP contribution in [0.25, 0.3) is 11.3 Å². The fourth-order valence-corrected chi connectivity index (χ4v) is 1.76. The van der Waals surface area contributed by atoms with Crippen LogP contribution >= 0.6 is 0 Å². The van der Waals surface area contributed by atoms with Gasteiger partial charge in [0.25, 0.3) is 0 Å². The third kappa shape index (κ3) is 5.85. The van der Waals surface area contributed by atoms with Crippen LogP contribution in [0.15, 0.2) is 40.8 Å². The molecule has 2 aromatic rings. The molecule has 0 amide bonds. The first-order valence-corrected chi connectivity index (χ1v) is 6.53. The van der Waals surface area contributed by atoms with Crippen molar-refractivity contribution in [1.82, 2.24) is 5.32 Å². The summed E-state index contributed by atoms with van der Waals surface area (Å²) in [6.07, 6.45) is 0. The van der Waals surface area contributed by atoms with Gasteiger partial charge in [-0.15, -0.1) is 0 Å². The minimum atomic E-state index is -0.259. The predicted molar refractivity (Wildman–Crippen MR) is 73.7 cm³/mol. The van der Waals surface area contributed by atoms with Crippen LogP contribution in [0.5, 0.6) is 0 Å². The van der Waals surface area contributed by atoms with Crippen molar-refractivity contribution in [3.8, 4) is 11.3 Å². The summed E-state index contributed by atoms with van der Waals surface area (Å²) in [6.45, 7) is 2.23. The van der Waals surface area contributed by atoms with Crippen molar-refractivity contribution in [3.05, 3.63) is 48.0 Å². The maximum absolute atomic E-state index is 12.8. The molecule has 2 rings (SSSR count). The summed E-state index contributed by atoms with van der Waals surface area (Å²) >= 11 is 0. The number of aliphatic hydroxyl groups excluding tert-OH is 1. The molecular weight excluding hydrogens is 297 g/mol. The molecule has 0 fully saturated rings. The van der Waals surface area contributed by atoms with Crippen molar-refractivity contribution >= 4 is 0 Å². The van der Waals surface area contributed by atoms with Crippen LogP contribution in [0.4, 0.5) is 4.39 Å². The number of hydrogen-bond donors (Lipinski definition) is 2. The minimum Gasteiger partial charge on any atom is -1.00 e. The molecule has 0 unspecified atom stereocenters. The van der Waals surface area contributed by atoms with Crippen LogP contribution in [0.3, 0.4) is 0 Å². The Labute approximate surface area is 129 Å². The van der Waals surface area contributed by atoms with Gasteiger partial charge in [0.1, 0.15) is 17.3 Å². The fourth-order valence-electron chi connectivity index (χ4n) is 1.76. The molecule has 0 aliphatic carbocycles. The van der Waals surface area contributed by atoms with E-state index in [9.17, 15) is 4.39 Å². The van der Waals surface area contributed by atoms with Gasteiger partial charge in [-0.25, -0.2) is 4.39 Å². The Kier molecular flexibility index (Phi) is 8.00. The van der Waals surface area contributed by atoms with E-state index in [0.29, 0.717) is 26.3 Å². The minimum absolute atomic E-state index is 0. The van der Waals surface area contributed by atoms with E-state index < -0.39 is 0 Å². The summed E-state index contributed by atoms with van der Waals surface area (Å²) < 4.78 is 23.6. The molecule has 1 heterocycles. The molecule has 0 atom stereocenters. The van der Waals surface area contributed by atoms with E-state index in [4.69, 9.17) is 14.3 Å². The maximum Gasteiger partial charge on any atom is 0.134 e. The van der Waals surface area contributed by atoms with Crippen LogP contribution in [0, 0.1) is 5.82 Å². The quantitative estimate of drug-likeness (QED) is 0.626. The first-order valence-electron chi connectivity index (χ1n) is 6.53. The van der Waals surface area contributed by atoms with E-state index in [1.54, 1.807) is 12.1 Å². The highest BCUT2D eigenvalue weighted by atomic mass is 35.5.